The Bertz CT molecular complexity index is 414. The number of anilines is 1. The first-order valence-electron chi connectivity index (χ1n) is 7.04. The van der Waals surface area contributed by atoms with Gasteiger partial charge in [0.1, 0.15) is 0 Å². The van der Waals surface area contributed by atoms with Gasteiger partial charge in [0.15, 0.2) is 0 Å². The molecule has 2 heterocycles. The van der Waals surface area contributed by atoms with Gasteiger partial charge in [-0.05, 0) is 51.3 Å². The van der Waals surface area contributed by atoms with Crippen LogP contribution in [0.2, 0.25) is 0 Å². The molecule has 0 radical (unpaired) electrons. The first-order valence-corrected chi connectivity index (χ1v) is 7.04. The molecule has 1 aromatic heterocycles. The predicted octanol–water partition coefficient (Wildman–Crippen LogP) is 3.05. The molecule has 1 aromatic rings. The van der Waals surface area contributed by atoms with Crippen LogP contribution in [0.3, 0.4) is 0 Å². The van der Waals surface area contributed by atoms with Crippen molar-refractivity contribution in [3.05, 3.63) is 23.0 Å². The molecule has 0 aromatic carbocycles. The third-order valence-corrected chi connectivity index (χ3v) is 4.22. The van der Waals surface area contributed by atoms with Gasteiger partial charge in [-0.15, -0.1) is 0 Å². The first kappa shape index (κ1) is 13.3. The fourth-order valence-corrected chi connectivity index (χ4v) is 2.71. The van der Waals surface area contributed by atoms with Gasteiger partial charge < -0.3 is 5.73 Å². The van der Waals surface area contributed by atoms with Crippen molar-refractivity contribution in [2.45, 2.75) is 59.0 Å². The third-order valence-electron chi connectivity index (χ3n) is 4.22. The van der Waals surface area contributed by atoms with Gasteiger partial charge in [-0.1, -0.05) is 12.8 Å². The largest absolute Gasteiger partial charge is 0.398 e. The van der Waals surface area contributed by atoms with Crippen LogP contribution in [-0.2, 0) is 6.54 Å². The van der Waals surface area contributed by atoms with Gasteiger partial charge in [-0.2, -0.15) is 0 Å². The van der Waals surface area contributed by atoms with Crippen LogP contribution in [-0.4, -0.2) is 22.5 Å². The van der Waals surface area contributed by atoms with E-state index in [-0.39, 0.29) is 0 Å². The lowest BCUT2D eigenvalue weighted by atomic mass is 10.1. The van der Waals surface area contributed by atoms with Gasteiger partial charge in [0.05, 0.1) is 5.69 Å². The van der Waals surface area contributed by atoms with E-state index in [1.54, 1.807) is 0 Å². The number of rotatable bonds is 2. The highest BCUT2D eigenvalue weighted by molar-refractivity contribution is 5.53. The van der Waals surface area contributed by atoms with Crippen molar-refractivity contribution in [1.82, 2.24) is 9.88 Å². The SMILES string of the molecule is Cc1cnc(CN2CCCCCC2C)c(C)c1N. The third kappa shape index (κ3) is 2.83. The summed E-state index contributed by atoms with van der Waals surface area (Å²) < 4.78 is 0. The van der Waals surface area contributed by atoms with Crippen molar-refractivity contribution < 1.29 is 0 Å². The minimum Gasteiger partial charge on any atom is -0.398 e. The molecule has 18 heavy (non-hydrogen) atoms. The number of hydrogen-bond acceptors (Lipinski definition) is 3. The fraction of sp³-hybridized carbons (Fsp3) is 0.667. The standard InChI is InChI=1S/C15H25N3/c1-11-9-17-14(13(3)15(11)16)10-18-8-6-4-5-7-12(18)2/h9,12H,4-8,10H2,1-3H3,(H2,16,17). The summed E-state index contributed by atoms with van der Waals surface area (Å²) in [6.45, 7) is 8.58. The Morgan fingerprint density at radius 1 is 1.33 bits per heavy atom. The van der Waals surface area contributed by atoms with Crippen LogP contribution in [0.1, 0.15) is 49.4 Å². The lowest BCUT2D eigenvalue weighted by Crippen LogP contribution is -2.32. The molecule has 1 aliphatic heterocycles. The molecule has 0 aliphatic carbocycles. The Morgan fingerprint density at radius 2 is 2.11 bits per heavy atom. The zero-order valence-corrected chi connectivity index (χ0v) is 11.9. The maximum atomic E-state index is 6.09. The second kappa shape index (κ2) is 5.70. The van der Waals surface area contributed by atoms with Gasteiger partial charge in [0, 0.05) is 24.5 Å². The molecule has 100 valence electrons. The molecular weight excluding hydrogens is 222 g/mol. The summed E-state index contributed by atoms with van der Waals surface area (Å²) in [5.74, 6) is 0. The highest BCUT2D eigenvalue weighted by Gasteiger charge is 2.18. The van der Waals surface area contributed by atoms with Crippen molar-refractivity contribution >= 4 is 5.69 Å². The number of aromatic nitrogens is 1. The van der Waals surface area contributed by atoms with Crippen molar-refractivity contribution in [2.75, 3.05) is 12.3 Å². The molecular formula is C15H25N3. The van der Waals surface area contributed by atoms with Crippen LogP contribution in [0.15, 0.2) is 6.20 Å². The minimum absolute atomic E-state index is 0.663. The van der Waals surface area contributed by atoms with E-state index in [1.807, 2.05) is 13.1 Å². The Hall–Kier alpha value is -1.09. The van der Waals surface area contributed by atoms with E-state index in [2.05, 4.69) is 23.7 Å². The Kier molecular flexibility index (Phi) is 4.23. The van der Waals surface area contributed by atoms with Crippen LogP contribution in [0.5, 0.6) is 0 Å². The van der Waals surface area contributed by atoms with E-state index in [4.69, 9.17) is 5.73 Å². The van der Waals surface area contributed by atoms with Crippen LogP contribution >= 0.6 is 0 Å². The molecule has 3 heteroatoms. The molecule has 0 amide bonds. The second-order valence-electron chi connectivity index (χ2n) is 5.60. The topological polar surface area (TPSA) is 42.2 Å². The Labute approximate surface area is 110 Å². The molecule has 0 saturated carbocycles. The summed E-state index contributed by atoms with van der Waals surface area (Å²) in [5, 5.41) is 0. The number of aryl methyl sites for hydroxylation is 1. The van der Waals surface area contributed by atoms with Crippen molar-refractivity contribution in [2.24, 2.45) is 0 Å². The van der Waals surface area contributed by atoms with Crippen LogP contribution < -0.4 is 5.73 Å². The van der Waals surface area contributed by atoms with Crippen molar-refractivity contribution in [3.63, 3.8) is 0 Å². The van der Waals surface area contributed by atoms with Crippen LogP contribution in [0.25, 0.3) is 0 Å². The molecule has 2 rings (SSSR count). The highest BCUT2D eigenvalue weighted by Crippen LogP contribution is 2.22. The molecule has 0 bridgehead atoms. The zero-order chi connectivity index (χ0) is 13.1. The molecule has 1 aliphatic rings. The number of pyridine rings is 1. The van der Waals surface area contributed by atoms with Crippen LogP contribution in [0.4, 0.5) is 5.69 Å². The lowest BCUT2D eigenvalue weighted by Gasteiger charge is -2.27. The van der Waals surface area contributed by atoms with Gasteiger partial charge in [0.25, 0.3) is 0 Å². The number of nitrogens with zero attached hydrogens (tertiary/aromatic N) is 2. The average molecular weight is 247 g/mol. The quantitative estimate of drug-likeness (QED) is 0.873. The summed E-state index contributed by atoms with van der Waals surface area (Å²) in [6.07, 6.45) is 7.24. The first-order chi connectivity index (χ1) is 8.59. The smallest absolute Gasteiger partial charge is 0.0593 e. The van der Waals surface area contributed by atoms with Gasteiger partial charge in [-0.3, -0.25) is 9.88 Å². The average Bonchev–Trinajstić information content (AvgIpc) is 2.56. The second-order valence-corrected chi connectivity index (χ2v) is 5.60. The van der Waals surface area contributed by atoms with Gasteiger partial charge in [-0.25, -0.2) is 0 Å². The van der Waals surface area contributed by atoms with Crippen LogP contribution in [0, 0.1) is 13.8 Å². The van der Waals surface area contributed by atoms with E-state index >= 15 is 0 Å². The highest BCUT2D eigenvalue weighted by atomic mass is 15.2. The number of hydrogen-bond donors (Lipinski definition) is 1. The summed E-state index contributed by atoms with van der Waals surface area (Å²) in [6, 6.07) is 0.663. The zero-order valence-electron chi connectivity index (χ0n) is 11.9. The van der Waals surface area contributed by atoms with Gasteiger partial charge in [0.2, 0.25) is 0 Å². The summed E-state index contributed by atoms with van der Waals surface area (Å²) >= 11 is 0. The molecule has 2 N–H and O–H groups in total. The molecule has 1 atom stereocenters. The fourth-order valence-electron chi connectivity index (χ4n) is 2.71. The van der Waals surface area contributed by atoms with E-state index < -0.39 is 0 Å². The maximum Gasteiger partial charge on any atom is 0.0593 e. The number of nitrogens with two attached hydrogens (primary N) is 1. The Balaban J connectivity index is 2.15. The Morgan fingerprint density at radius 3 is 2.89 bits per heavy atom. The van der Waals surface area contributed by atoms with E-state index in [0.29, 0.717) is 6.04 Å². The molecule has 0 spiro atoms. The van der Waals surface area contributed by atoms with E-state index in [1.165, 1.54) is 32.2 Å². The molecule has 3 nitrogen and oxygen atoms in total. The summed E-state index contributed by atoms with van der Waals surface area (Å²) in [4.78, 5) is 7.13. The lowest BCUT2D eigenvalue weighted by molar-refractivity contribution is 0.202. The van der Waals surface area contributed by atoms with Gasteiger partial charge >= 0.3 is 0 Å². The molecule has 1 fully saturated rings. The van der Waals surface area contributed by atoms with E-state index in [0.717, 1.165) is 29.1 Å². The number of likely N-dealkylation sites (tertiary alicyclic amines) is 1. The summed E-state index contributed by atoms with van der Waals surface area (Å²) in [7, 11) is 0. The number of nitrogen functional groups attached to an aromatic ring is 1. The minimum atomic E-state index is 0.663. The summed E-state index contributed by atoms with van der Waals surface area (Å²) in [5.41, 5.74) is 10.4. The molecule has 1 saturated heterocycles. The molecule has 1 unspecified atom stereocenters. The van der Waals surface area contributed by atoms with E-state index in [9.17, 15) is 0 Å². The van der Waals surface area contributed by atoms with Crippen molar-refractivity contribution in [3.8, 4) is 0 Å². The van der Waals surface area contributed by atoms with Crippen molar-refractivity contribution in [1.29, 1.82) is 0 Å². The monoisotopic (exact) mass is 247 g/mol. The maximum absolute atomic E-state index is 6.09. The normalized spacial score (nSPS) is 21.8. The predicted molar refractivity (Wildman–Crippen MR) is 76.5 cm³/mol.